The van der Waals surface area contributed by atoms with Gasteiger partial charge in [-0.1, -0.05) is 78.3 Å². The molecule has 1 aliphatic heterocycles. The first-order valence-electron chi connectivity index (χ1n) is 11.5. The zero-order valence-corrected chi connectivity index (χ0v) is 20.0. The van der Waals surface area contributed by atoms with Crippen LogP contribution in [0.1, 0.15) is 5.56 Å². The molecule has 3 heteroatoms. The Hall–Kier alpha value is -3.59. The second kappa shape index (κ2) is 6.50. The minimum absolute atomic E-state index is 0.820. The summed E-state index contributed by atoms with van der Waals surface area (Å²) < 4.78 is 5.01. The molecule has 34 heavy (non-hydrogen) atoms. The highest BCUT2D eigenvalue weighted by Gasteiger charge is 2.28. The third-order valence-electron chi connectivity index (χ3n) is 7.33. The Morgan fingerprint density at radius 1 is 0.706 bits per heavy atom. The minimum Gasteiger partial charge on any atom is -0.308 e. The van der Waals surface area contributed by atoms with Gasteiger partial charge in [-0.05, 0) is 42.3 Å². The fraction of sp³-hybridized carbons (Fsp3) is 0.0323. The predicted molar refractivity (Wildman–Crippen MR) is 148 cm³/mol. The molecule has 3 heterocycles. The van der Waals surface area contributed by atoms with E-state index in [9.17, 15) is 0 Å². The number of aryl methyl sites for hydroxylation is 1. The van der Waals surface area contributed by atoms with E-state index in [-0.39, 0.29) is 0 Å². The zero-order chi connectivity index (χ0) is 22.6. The molecule has 8 rings (SSSR count). The van der Waals surface area contributed by atoms with Gasteiger partial charge in [0.05, 0.1) is 21.7 Å². The number of rotatable bonds is 0. The molecule has 0 aliphatic carbocycles. The maximum Gasteiger partial charge on any atom is 0.0623 e. The summed E-state index contributed by atoms with van der Waals surface area (Å²) in [5, 5.41) is 5.85. The van der Waals surface area contributed by atoms with E-state index in [1.807, 2.05) is 11.3 Å². The van der Waals surface area contributed by atoms with E-state index in [1.54, 1.807) is 0 Å². The smallest absolute Gasteiger partial charge is 0.0623 e. The molecule has 0 amide bonds. The second-order valence-electron chi connectivity index (χ2n) is 9.11. The van der Waals surface area contributed by atoms with Crippen molar-refractivity contribution < 1.29 is 0 Å². The number of para-hydroxylation sites is 2. The molecule has 0 saturated carbocycles. The summed E-state index contributed by atoms with van der Waals surface area (Å²) in [7, 11) is 0. The first-order chi connectivity index (χ1) is 16.7. The van der Waals surface area contributed by atoms with Crippen LogP contribution in [0.4, 0.5) is 0 Å². The van der Waals surface area contributed by atoms with Gasteiger partial charge in [0.15, 0.2) is 0 Å². The van der Waals surface area contributed by atoms with Crippen LogP contribution in [-0.4, -0.2) is 4.57 Å². The number of benzene rings is 5. The minimum atomic E-state index is 0.820. The molecule has 0 atom stereocenters. The average molecular weight is 472 g/mol. The number of halogens is 1. The molecule has 0 radical (unpaired) electrons. The van der Waals surface area contributed by atoms with Crippen LogP contribution in [0, 0.1) is 6.92 Å². The lowest BCUT2D eigenvalue weighted by Gasteiger charge is -2.14. The van der Waals surface area contributed by atoms with Gasteiger partial charge in [0.1, 0.15) is 0 Å². The van der Waals surface area contributed by atoms with Gasteiger partial charge in [-0.2, -0.15) is 0 Å². The van der Waals surface area contributed by atoms with Crippen molar-refractivity contribution in [3.8, 4) is 27.9 Å². The number of aromatic nitrogens is 1. The Labute approximate surface area is 205 Å². The van der Waals surface area contributed by atoms with Gasteiger partial charge in [-0.3, -0.25) is 0 Å². The Morgan fingerprint density at radius 3 is 2.38 bits per heavy atom. The van der Waals surface area contributed by atoms with Crippen LogP contribution in [0.5, 0.6) is 0 Å². The lowest BCUT2D eigenvalue weighted by Crippen LogP contribution is -1.95. The van der Waals surface area contributed by atoms with Crippen LogP contribution in [0.2, 0.25) is 5.02 Å². The van der Waals surface area contributed by atoms with Gasteiger partial charge < -0.3 is 4.57 Å². The SMILES string of the molecule is Cc1ccc2c3c1c1ccccc1n3-c1ccccc1-c1cc(Cl)c3c(sc4ccccc43)c1-2. The van der Waals surface area contributed by atoms with Crippen molar-refractivity contribution in [1.29, 1.82) is 0 Å². The molecule has 0 spiro atoms. The summed E-state index contributed by atoms with van der Waals surface area (Å²) in [6.45, 7) is 2.23. The Balaban J connectivity index is 1.72. The van der Waals surface area contributed by atoms with Crippen molar-refractivity contribution in [2.75, 3.05) is 0 Å². The highest BCUT2D eigenvalue weighted by Crippen LogP contribution is 2.53. The average Bonchev–Trinajstić information content (AvgIpc) is 3.39. The summed E-state index contributed by atoms with van der Waals surface area (Å²) >= 11 is 8.89. The van der Waals surface area contributed by atoms with E-state index in [0.717, 1.165) is 10.4 Å². The van der Waals surface area contributed by atoms with Crippen molar-refractivity contribution in [1.82, 2.24) is 4.57 Å². The first-order valence-corrected chi connectivity index (χ1v) is 12.7. The fourth-order valence-electron chi connectivity index (χ4n) is 5.94. The van der Waals surface area contributed by atoms with E-state index < -0.39 is 0 Å². The normalized spacial score (nSPS) is 12.4. The van der Waals surface area contributed by atoms with Gasteiger partial charge in [0.25, 0.3) is 0 Å². The largest absolute Gasteiger partial charge is 0.308 e. The second-order valence-corrected chi connectivity index (χ2v) is 10.6. The van der Waals surface area contributed by atoms with Gasteiger partial charge >= 0.3 is 0 Å². The molecule has 1 nitrogen and oxygen atoms in total. The molecule has 5 aromatic carbocycles. The third-order valence-corrected chi connectivity index (χ3v) is 8.82. The standard InChI is InChI=1S/C31H18ClNS/c1-17-14-15-21-28-22(16-23(32)29-20-10-4-7-13-26(20)34-31(28)29)18-8-2-5-11-24(18)33-25-12-6-3-9-19(25)27(17)30(21)33/h2-16H,1H3. The van der Waals surface area contributed by atoms with Crippen molar-refractivity contribution >= 4 is 64.9 Å². The Kier molecular flexibility index (Phi) is 3.60. The number of hydrogen-bond acceptors (Lipinski definition) is 1. The molecule has 0 fully saturated rings. The topological polar surface area (TPSA) is 4.93 Å². The highest BCUT2D eigenvalue weighted by molar-refractivity contribution is 7.26. The van der Waals surface area contributed by atoms with Gasteiger partial charge in [-0.15, -0.1) is 11.3 Å². The molecule has 7 aromatic rings. The molecular formula is C31H18ClNS. The molecule has 1 aliphatic rings. The number of thiophene rings is 1. The molecule has 0 bridgehead atoms. The maximum absolute atomic E-state index is 7.04. The van der Waals surface area contributed by atoms with E-state index >= 15 is 0 Å². The van der Waals surface area contributed by atoms with Crippen LogP contribution in [0.3, 0.4) is 0 Å². The zero-order valence-electron chi connectivity index (χ0n) is 18.4. The monoisotopic (exact) mass is 471 g/mol. The molecule has 160 valence electrons. The molecule has 0 saturated heterocycles. The van der Waals surface area contributed by atoms with E-state index in [0.29, 0.717) is 0 Å². The molecule has 2 aromatic heterocycles. The lowest BCUT2D eigenvalue weighted by molar-refractivity contribution is 1.19. The van der Waals surface area contributed by atoms with Crippen molar-refractivity contribution in [2.45, 2.75) is 6.92 Å². The van der Waals surface area contributed by atoms with Crippen LogP contribution >= 0.6 is 22.9 Å². The maximum atomic E-state index is 7.04. The van der Waals surface area contributed by atoms with E-state index in [1.165, 1.54) is 70.1 Å². The Morgan fingerprint density at radius 2 is 1.47 bits per heavy atom. The quantitative estimate of drug-likeness (QED) is 0.207. The summed E-state index contributed by atoms with van der Waals surface area (Å²) in [5.41, 5.74) is 10.0. The number of nitrogens with zero attached hydrogens (tertiary/aromatic N) is 1. The van der Waals surface area contributed by atoms with Crippen molar-refractivity contribution in [3.05, 3.63) is 102 Å². The van der Waals surface area contributed by atoms with Crippen LogP contribution in [0.25, 0.3) is 69.9 Å². The van der Waals surface area contributed by atoms with Crippen molar-refractivity contribution in [3.63, 3.8) is 0 Å². The van der Waals surface area contributed by atoms with Gasteiger partial charge in [0.2, 0.25) is 0 Å². The number of fused-ring (bicyclic) bond motifs is 12. The first kappa shape index (κ1) is 18.8. The van der Waals surface area contributed by atoms with Crippen LogP contribution in [0.15, 0.2) is 91.0 Å². The lowest BCUT2D eigenvalue weighted by atomic mass is 9.91. The predicted octanol–water partition coefficient (Wildman–Crippen LogP) is 9.76. The fourth-order valence-corrected chi connectivity index (χ4v) is 7.60. The number of hydrogen-bond donors (Lipinski definition) is 0. The highest BCUT2D eigenvalue weighted by atomic mass is 35.5. The van der Waals surface area contributed by atoms with E-state index in [4.69, 9.17) is 11.6 Å². The molecule has 0 unspecified atom stereocenters. The van der Waals surface area contributed by atoms with Crippen LogP contribution in [-0.2, 0) is 0 Å². The summed E-state index contributed by atoms with van der Waals surface area (Å²) in [5.74, 6) is 0. The van der Waals surface area contributed by atoms with Gasteiger partial charge in [0, 0.05) is 47.6 Å². The summed E-state index contributed by atoms with van der Waals surface area (Å²) in [6, 6.07) is 32.9. The van der Waals surface area contributed by atoms with Crippen LogP contribution < -0.4 is 0 Å². The third kappa shape index (κ3) is 2.20. The van der Waals surface area contributed by atoms with Crippen molar-refractivity contribution in [2.24, 2.45) is 0 Å². The summed E-state index contributed by atoms with van der Waals surface area (Å²) in [6.07, 6.45) is 0. The summed E-state index contributed by atoms with van der Waals surface area (Å²) in [4.78, 5) is 0. The van der Waals surface area contributed by atoms with E-state index in [2.05, 4.69) is 102 Å². The Bertz CT molecular complexity index is 1990. The van der Waals surface area contributed by atoms with Gasteiger partial charge in [-0.25, -0.2) is 0 Å². The molecule has 0 N–H and O–H groups in total. The molecular weight excluding hydrogens is 454 g/mol.